The predicted octanol–water partition coefficient (Wildman–Crippen LogP) is 1.71. The summed E-state index contributed by atoms with van der Waals surface area (Å²) in [6.07, 6.45) is 0. The van der Waals surface area contributed by atoms with E-state index in [4.69, 9.17) is 4.74 Å². The molecule has 29 heavy (non-hydrogen) atoms. The van der Waals surface area contributed by atoms with Crippen LogP contribution in [0.1, 0.15) is 27.7 Å². The minimum atomic E-state index is -2.26. The van der Waals surface area contributed by atoms with Gasteiger partial charge in [0, 0.05) is 0 Å². The number of hydrogen-bond donors (Lipinski definition) is 0. The first-order valence-electron chi connectivity index (χ1n) is 9.64. The van der Waals surface area contributed by atoms with Gasteiger partial charge in [-0.2, -0.15) is 0 Å². The Morgan fingerprint density at radius 2 is 1.03 bits per heavy atom. The van der Waals surface area contributed by atoms with Crippen molar-refractivity contribution in [2.75, 3.05) is 0 Å². The summed E-state index contributed by atoms with van der Waals surface area (Å²) in [5, 5.41) is 3.56. The Bertz CT molecular complexity index is 809. The Kier molecular flexibility index (Phi) is 7.80. The number of halogens is 1. The molecule has 1 atom stereocenters. The molecule has 3 aromatic carbocycles. The van der Waals surface area contributed by atoms with Crippen molar-refractivity contribution in [3.05, 3.63) is 91.0 Å². The van der Waals surface area contributed by atoms with Gasteiger partial charge in [-0.15, -0.1) is 0 Å². The van der Waals surface area contributed by atoms with Crippen LogP contribution in [0.5, 0.6) is 0 Å². The van der Waals surface area contributed by atoms with Crippen molar-refractivity contribution in [1.29, 1.82) is 0 Å². The third-order valence-electron chi connectivity index (χ3n) is 4.82. The molecule has 0 heterocycles. The molecule has 0 amide bonds. The van der Waals surface area contributed by atoms with Crippen LogP contribution in [0.15, 0.2) is 91.0 Å². The molecule has 0 saturated carbocycles. The monoisotopic (exact) mass is 470 g/mol. The average molecular weight is 471 g/mol. The average Bonchev–Trinajstić information content (AvgIpc) is 2.70. The van der Waals surface area contributed by atoms with Crippen molar-refractivity contribution in [3.8, 4) is 0 Å². The van der Waals surface area contributed by atoms with E-state index in [9.17, 15) is 4.79 Å². The molecule has 4 heteroatoms. The van der Waals surface area contributed by atoms with E-state index < -0.39 is 12.9 Å². The molecule has 0 bridgehead atoms. The van der Waals surface area contributed by atoms with Crippen LogP contribution in [-0.2, 0) is 9.53 Å². The smallest absolute Gasteiger partial charge is 0.348 e. The number of benzene rings is 3. The zero-order chi connectivity index (χ0) is 20.2. The van der Waals surface area contributed by atoms with Gasteiger partial charge in [-0.3, -0.25) is 0 Å². The first-order valence-corrected chi connectivity index (χ1v) is 11.5. The van der Waals surface area contributed by atoms with Crippen LogP contribution in [0.25, 0.3) is 0 Å². The van der Waals surface area contributed by atoms with E-state index in [1.54, 1.807) is 0 Å². The molecule has 0 aromatic heterocycles. The summed E-state index contributed by atoms with van der Waals surface area (Å²) < 4.78 is 5.86. The van der Waals surface area contributed by atoms with E-state index in [1.165, 1.54) is 15.9 Å². The van der Waals surface area contributed by atoms with Gasteiger partial charge in [0.2, 0.25) is 0 Å². The van der Waals surface area contributed by atoms with Gasteiger partial charge >= 0.3 is 5.97 Å². The minimum absolute atomic E-state index is 0. The highest BCUT2D eigenvalue weighted by Gasteiger charge is 2.54. The van der Waals surface area contributed by atoms with Crippen LogP contribution < -0.4 is 32.9 Å². The largest absolute Gasteiger partial charge is 1.00 e. The summed E-state index contributed by atoms with van der Waals surface area (Å²) in [7, 11) is -2.26. The second-order valence-corrected chi connectivity index (χ2v) is 11.7. The van der Waals surface area contributed by atoms with Crippen molar-refractivity contribution in [3.63, 3.8) is 0 Å². The van der Waals surface area contributed by atoms with Gasteiger partial charge in [-0.05, 0) is 64.1 Å². The molecule has 0 radical (unpaired) electrons. The maximum atomic E-state index is 13.3. The molecule has 0 N–H and O–H groups in total. The van der Waals surface area contributed by atoms with Gasteiger partial charge in [0.05, 0.1) is 0 Å². The Labute approximate surface area is 185 Å². The molecule has 3 rings (SSSR count). The summed E-state index contributed by atoms with van der Waals surface area (Å²) in [6.45, 7) is 7.79. The molecule has 0 spiro atoms. The van der Waals surface area contributed by atoms with Crippen LogP contribution in [0.4, 0.5) is 0 Å². The van der Waals surface area contributed by atoms with Gasteiger partial charge in [0.25, 0.3) is 0 Å². The predicted molar refractivity (Wildman–Crippen MR) is 120 cm³/mol. The summed E-state index contributed by atoms with van der Waals surface area (Å²) >= 11 is 0. The number of carbonyl (C=O) groups excluding carboxylic acids is 1. The van der Waals surface area contributed by atoms with Crippen molar-refractivity contribution >= 4 is 29.1 Å². The lowest BCUT2D eigenvalue weighted by molar-refractivity contribution is -0.153. The fourth-order valence-corrected chi connectivity index (χ4v) is 8.18. The second kappa shape index (κ2) is 9.69. The third kappa shape index (κ3) is 4.97. The van der Waals surface area contributed by atoms with Gasteiger partial charge in [-0.1, -0.05) is 54.6 Å². The highest BCUT2D eigenvalue weighted by molar-refractivity contribution is 7.96. The molecule has 1 unspecified atom stereocenters. The number of ether oxygens (including phenoxy) is 1. The van der Waals surface area contributed by atoms with Crippen LogP contribution in [0.3, 0.4) is 0 Å². The van der Waals surface area contributed by atoms with Crippen LogP contribution in [-0.4, -0.2) is 17.2 Å². The summed E-state index contributed by atoms with van der Waals surface area (Å²) in [4.78, 5) is 13.3. The van der Waals surface area contributed by atoms with E-state index in [-0.39, 0.29) is 28.6 Å². The zero-order valence-electron chi connectivity index (χ0n) is 17.4. The molecular weight excluding hydrogens is 443 g/mol. The van der Waals surface area contributed by atoms with E-state index in [0.717, 1.165) is 0 Å². The lowest BCUT2D eigenvalue weighted by atomic mass is 10.2. The number of carbonyl (C=O) groups is 1. The lowest BCUT2D eigenvalue weighted by Gasteiger charge is -2.33. The Balaban J connectivity index is 0.00000300. The molecule has 0 aliphatic carbocycles. The van der Waals surface area contributed by atoms with Crippen molar-refractivity contribution in [2.45, 2.75) is 39.0 Å². The molecule has 2 nitrogen and oxygen atoms in total. The highest BCUT2D eigenvalue weighted by Crippen LogP contribution is 2.60. The minimum Gasteiger partial charge on any atom is -1.00 e. The Hall–Kier alpha value is -1.96. The van der Waals surface area contributed by atoms with Gasteiger partial charge in [-0.25, -0.2) is 4.79 Å². The highest BCUT2D eigenvalue weighted by atomic mass is 79.9. The topological polar surface area (TPSA) is 26.3 Å². The Morgan fingerprint density at radius 3 is 1.31 bits per heavy atom. The van der Waals surface area contributed by atoms with E-state index in [0.29, 0.717) is 0 Å². The van der Waals surface area contributed by atoms with E-state index in [1.807, 2.05) is 45.9 Å². The van der Waals surface area contributed by atoms with Crippen LogP contribution >= 0.6 is 7.26 Å². The molecule has 0 fully saturated rings. The standard InChI is InChI=1S/C25H28O2P.BrH/c1-20(24(26)27-25(2,3)4)28(21-14-8-5-9-15-21,22-16-10-6-11-17-22)23-18-12-7-13-19-23;/h5-20H,1-4H3;1H/q+1;/p-1. The van der Waals surface area contributed by atoms with Crippen LogP contribution in [0.2, 0.25) is 0 Å². The molecule has 152 valence electrons. The van der Waals surface area contributed by atoms with E-state index >= 15 is 0 Å². The quantitative estimate of drug-likeness (QED) is 0.419. The second-order valence-electron chi connectivity index (χ2n) is 7.94. The number of esters is 1. The number of rotatable bonds is 5. The molecule has 0 aliphatic rings. The summed E-state index contributed by atoms with van der Waals surface area (Å²) in [6, 6.07) is 31.3. The number of hydrogen-bond acceptors (Lipinski definition) is 2. The fraction of sp³-hybridized carbons (Fsp3) is 0.240. The lowest BCUT2D eigenvalue weighted by Crippen LogP contribution is -3.00. The van der Waals surface area contributed by atoms with Gasteiger partial charge in [0.15, 0.2) is 5.66 Å². The summed E-state index contributed by atoms with van der Waals surface area (Å²) in [5.41, 5.74) is -0.829. The normalized spacial score (nSPS) is 12.6. The first-order chi connectivity index (χ1) is 13.4. The maximum absolute atomic E-state index is 13.3. The SMILES string of the molecule is CC(C(=O)OC(C)(C)C)[P+](c1ccccc1)(c1ccccc1)c1ccccc1.[Br-]. The zero-order valence-corrected chi connectivity index (χ0v) is 19.9. The van der Waals surface area contributed by atoms with Crippen molar-refractivity contribution in [1.82, 2.24) is 0 Å². The molecular formula is C25H28BrO2P. The van der Waals surface area contributed by atoms with Crippen molar-refractivity contribution in [2.24, 2.45) is 0 Å². The van der Waals surface area contributed by atoms with Crippen LogP contribution in [0, 0.1) is 0 Å². The Morgan fingerprint density at radius 1 is 0.724 bits per heavy atom. The first kappa shape index (κ1) is 23.3. The van der Waals surface area contributed by atoms with Gasteiger partial charge < -0.3 is 21.7 Å². The third-order valence-corrected chi connectivity index (χ3v) is 9.53. The van der Waals surface area contributed by atoms with Crippen molar-refractivity contribution < 1.29 is 26.5 Å². The fourth-order valence-electron chi connectivity index (χ4n) is 3.65. The maximum Gasteiger partial charge on any atom is 0.348 e. The van der Waals surface area contributed by atoms with Gasteiger partial charge in [0.1, 0.15) is 28.8 Å². The molecule has 0 aliphatic heterocycles. The molecule has 0 saturated heterocycles. The molecule has 3 aromatic rings. The summed E-state index contributed by atoms with van der Waals surface area (Å²) in [5.74, 6) is -0.155. The van der Waals surface area contributed by atoms with E-state index in [2.05, 4.69) is 72.8 Å².